The van der Waals surface area contributed by atoms with Crippen LogP contribution in [0.25, 0.3) is 0 Å². The summed E-state index contributed by atoms with van der Waals surface area (Å²) in [7, 11) is 0. The van der Waals surface area contributed by atoms with E-state index in [1.54, 1.807) is 4.90 Å². The first-order chi connectivity index (χ1) is 13.3. The van der Waals surface area contributed by atoms with Crippen molar-refractivity contribution in [1.29, 1.82) is 0 Å². The molecule has 1 aliphatic heterocycles. The summed E-state index contributed by atoms with van der Waals surface area (Å²) in [5.41, 5.74) is 1.03. The van der Waals surface area contributed by atoms with E-state index < -0.39 is 17.7 Å². The van der Waals surface area contributed by atoms with Crippen LogP contribution in [0.3, 0.4) is 0 Å². The molecule has 0 aromatic heterocycles. The van der Waals surface area contributed by atoms with Gasteiger partial charge in [0.1, 0.15) is 0 Å². The van der Waals surface area contributed by atoms with Crippen LogP contribution in [0.5, 0.6) is 0 Å². The number of carbonyl (C=O) groups is 2. The molecule has 0 radical (unpaired) electrons. The predicted molar refractivity (Wildman–Crippen MR) is 98.1 cm³/mol. The second-order valence-corrected chi connectivity index (χ2v) is 6.90. The number of likely N-dealkylation sites (tertiary alicyclic amines) is 1. The van der Waals surface area contributed by atoms with Gasteiger partial charge in [-0.25, -0.2) is 0 Å². The number of carbonyl (C=O) groups excluding carboxylic acids is 2. The standard InChI is InChI=1S/C21H21F3N2O2/c22-21(23,24)18-8-6-15(7-9-18)10-11-25-20(28)17-12-19(27)26(14-17)13-16-4-2-1-3-5-16/h1-9,17H,10-14H2,(H,25,28)/t17-/m0/s1. The molecule has 1 N–H and O–H groups in total. The van der Waals surface area contributed by atoms with Gasteiger partial charge in [0.2, 0.25) is 11.8 Å². The molecule has 0 saturated carbocycles. The van der Waals surface area contributed by atoms with Gasteiger partial charge in [0, 0.05) is 26.1 Å². The van der Waals surface area contributed by atoms with Crippen LogP contribution in [0.15, 0.2) is 54.6 Å². The van der Waals surface area contributed by atoms with Crippen LogP contribution in [-0.2, 0) is 28.7 Å². The minimum Gasteiger partial charge on any atom is -0.355 e. The molecule has 2 aromatic rings. The van der Waals surface area contributed by atoms with Gasteiger partial charge < -0.3 is 10.2 Å². The summed E-state index contributed by atoms with van der Waals surface area (Å²) in [4.78, 5) is 26.2. The maximum Gasteiger partial charge on any atom is 0.416 e. The van der Waals surface area contributed by atoms with E-state index in [2.05, 4.69) is 5.32 Å². The molecule has 0 spiro atoms. The maximum atomic E-state index is 12.6. The fraction of sp³-hybridized carbons (Fsp3) is 0.333. The molecule has 1 aliphatic rings. The van der Waals surface area contributed by atoms with Gasteiger partial charge in [-0.15, -0.1) is 0 Å². The van der Waals surface area contributed by atoms with Gasteiger partial charge >= 0.3 is 6.18 Å². The third-order valence-corrected chi connectivity index (χ3v) is 4.80. The first kappa shape index (κ1) is 19.9. The molecule has 1 heterocycles. The van der Waals surface area contributed by atoms with E-state index in [-0.39, 0.29) is 18.2 Å². The van der Waals surface area contributed by atoms with E-state index >= 15 is 0 Å². The Morgan fingerprint density at radius 2 is 1.71 bits per heavy atom. The molecule has 0 aliphatic carbocycles. The van der Waals surface area contributed by atoms with Crippen molar-refractivity contribution < 1.29 is 22.8 Å². The summed E-state index contributed by atoms with van der Waals surface area (Å²) in [6, 6.07) is 14.5. The second-order valence-electron chi connectivity index (χ2n) is 6.90. The number of benzene rings is 2. The predicted octanol–water partition coefficient (Wildman–Crippen LogP) is 3.41. The molecule has 2 amide bonds. The summed E-state index contributed by atoms with van der Waals surface area (Å²) >= 11 is 0. The highest BCUT2D eigenvalue weighted by Gasteiger charge is 2.34. The first-order valence-corrected chi connectivity index (χ1v) is 9.08. The molecule has 4 nitrogen and oxygen atoms in total. The zero-order valence-electron chi connectivity index (χ0n) is 15.2. The fourth-order valence-corrected chi connectivity index (χ4v) is 3.24. The summed E-state index contributed by atoms with van der Waals surface area (Å²) in [6.07, 6.45) is -3.75. The SMILES string of the molecule is O=C(NCCc1ccc(C(F)(F)F)cc1)[C@H]1CC(=O)N(Cc2ccccc2)C1. The molecule has 3 rings (SSSR count). The van der Waals surface area contributed by atoms with Crippen LogP contribution in [0.1, 0.15) is 23.1 Å². The van der Waals surface area contributed by atoms with E-state index in [1.807, 2.05) is 30.3 Å². The van der Waals surface area contributed by atoms with Crippen LogP contribution < -0.4 is 5.32 Å². The van der Waals surface area contributed by atoms with Gasteiger partial charge in [-0.3, -0.25) is 9.59 Å². The third kappa shape index (κ3) is 5.12. The average molecular weight is 390 g/mol. The Kier molecular flexibility index (Phi) is 6.02. The van der Waals surface area contributed by atoms with E-state index in [0.29, 0.717) is 31.6 Å². The Bertz CT molecular complexity index is 820. The van der Waals surface area contributed by atoms with Gasteiger partial charge in [0.05, 0.1) is 11.5 Å². The lowest BCUT2D eigenvalue weighted by Crippen LogP contribution is -2.34. The highest BCUT2D eigenvalue weighted by molar-refractivity contribution is 5.89. The summed E-state index contributed by atoms with van der Waals surface area (Å²) in [5.74, 6) is -0.647. The van der Waals surface area contributed by atoms with Crippen molar-refractivity contribution in [2.45, 2.75) is 25.6 Å². The van der Waals surface area contributed by atoms with Crippen molar-refractivity contribution in [1.82, 2.24) is 10.2 Å². The lowest BCUT2D eigenvalue weighted by atomic mass is 10.1. The number of hydrogen-bond acceptors (Lipinski definition) is 2. The maximum absolute atomic E-state index is 12.6. The Morgan fingerprint density at radius 1 is 1.04 bits per heavy atom. The monoisotopic (exact) mass is 390 g/mol. The van der Waals surface area contributed by atoms with Gasteiger partial charge in [-0.1, -0.05) is 42.5 Å². The van der Waals surface area contributed by atoms with Crippen molar-refractivity contribution >= 4 is 11.8 Å². The number of amides is 2. The number of alkyl halides is 3. The Balaban J connectivity index is 1.46. The molecule has 1 atom stereocenters. The van der Waals surface area contributed by atoms with Crippen LogP contribution >= 0.6 is 0 Å². The summed E-state index contributed by atoms with van der Waals surface area (Å²) < 4.78 is 37.7. The number of rotatable bonds is 6. The Morgan fingerprint density at radius 3 is 2.36 bits per heavy atom. The lowest BCUT2D eigenvalue weighted by molar-refractivity contribution is -0.137. The van der Waals surface area contributed by atoms with Gasteiger partial charge in [0.25, 0.3) is 0 Å². The van der Waals surface area contributed by atoms with Crippen LogP contribution in [0.2, 0.25) is 0 Å². The molecule has 1 saturated heterocycles. The minimum atomic E-state index is -4.35. The second kappa shape index (κ2) is 8.46. The van der Waals surface area contributed by atoms with Crippen molar-refractivity contribution in [3.05, 3.63) is 71.3 Å². The number of halogens is 3. The zero-order chi connectivity index (χ0) is 20.1. The molecule has 1 fully saturated rings. The van der Waals surface area contributed by atoms with Crippen molar-refractivity contribution in [3.8, 4) is 0 Å². The van der Waals surface area contributed by atoms with Gasteiger partial charge in [-0.2, -0.15) is 13.2 Å². The summed E-state index contributed by atoms with van der Waals surface area (Å²) in [5, 5.41) is 2.78. The zero-order valence-corrected chi connectivity index (χ0v) is 15.2. The third-order valence-electron chi connectivity index (χ3n) is 4.80. The van der Waals surface area contributed by atoms with Gasteiger partial charge in [-0.05, 0) is 29.7 Å². The number of hydrogen-bond donors (Lipinski definition) is 1. The van der Waals surface area contributed by atoms with E-state index in [1.165, 1.54) is 12.1 Å². The largest absolute Gasteiger partial charge is 0.416 e. The molecule has 7 heteroatoms. The van der Waals surface area contributed by atoms with Crippen molar-refractivity contribution in [2.24, 2.45) is 5.92 Å². The number of nitrogens with zero attached hydrogens (tertiary/aromatic N) is 1. The van der Waals surface area contributed by atoms with E-state index in [9.17, 15) is 22.8 Å². The van der Waals surface area contributed by atoms with Crippen LogP contribution in [-0.4, -0.2) is 29.8 Å². The highest BCUT2D eigenvalue weighted by atomic mass is 19.4. The molecular weight excluding hydrogens is 369 g/mol. The van der Waals surface area contributed by atoms with Gasteiger partial charge in [0.15, 0.2) is 0 Å². The van der Waals surface area contributed by atoms with Crippen LogP contribution in [0, 0.1) is 5.92 Å². The van der Waals surface area contributed by atoms with Crippen molar-refractivity contribution in [2.75, 3.05) is 13.1 Å². The van der Waals surface area contributed by atoms with Crippen LogP contribution in [0.4, 0.5) is 13.2 Å². The molecule has 148 valence electrons. The first-order valence-electron chi connectivity index (χ1n) is 9.08. The average Bonchev–Trinajstić information content (AvgIpc) is 3.03. The molecular formula is C21H21F3N2O2. The van der Waals surface area contributed by atoms with E-state index in [0.717, 1.165) is 17.7 Å². The fourth-order valence-electron chi connectivity index (χ4n) is 3.24. The minimum absolute atomic E-state index is 0.0493. The van der Waals surface area contributed by atoms with E-state index in [4.69, 9.17) is 0 Å². The van der Waals surface area contributed by atoms with Crippen molar-refractivity contribution in [3.63, 3.8) is 0 Å². The molecule has 0 unspecified atom stereocenters. The molecule has 0 bridgehead atoms. The summed E-state index contributed by atoms with van der Waals surface area (Å²) in [6.45, 7) is 1.17. The highest BCUT2D eigenvalue weighted by Crippen LogP contribution is 2.29. The molecule has 28 heavy (non-hydrogen) atoms. The Hall–Kier alpha value is -2.83. The quantitative estimate of drug-likeness (QED) is 0.822. The lowest BCUT2D eigenvalue weighted by Gasteiger charge is -2.16. The normalized spacial score (nSPS) is 17.0. The smallest absolute Gasteiger partial charge is 0.355 e. The topological polar surface area (TPSA) is 49.4 Å². The molecule has 2 aromatic carbocycles. The number of nitrogens with one attached hydrogen (secondary N) is 1. The Labute approximate surface area is 161 Å².